The Labute approximate surface area is 75.5 Å². The molecule has 0 radical (unpaired) electrons. The number of hydrogen-bond acceptors (Lipinski definition) is 1. The van der Waals surface area contributed by atoms with Crippen molar-refractivity contribution in [1.29, 1.82) is 0 Å². The van der Waals surface area contributed by atoms with Crippen molar-refractivity contribution in [2.45, 2.75) is 53.1 Å². The monoisotopic (exact) mass is 168 g/mol. The molecule has 1 heteroatoms. The van der Waals surface area contributed by atoms with Crippen LogP contribution < -0.4 is 0 Å². The third kappa shape index (κ3) is 1.89. The highest BCUT2D eigenvalue weighted by atomic mass is 16.3. The van der Waals surface area contributed by atoms with E-state index in [2.05, 4.69) is 27.7 Å². The summed E-state index contributed by atoms with van der Waals surface area (Å²) < 4.78 is 0. The molecule has 70 valence electrons. The highest BCUT2D eigenvalue weighted by Crippen LogP contribution is 2.36. The molecule has 1 rings (SSSR count). The van der Waals surface area contributed by atoms with E-state index in [4.69, 9.17) is 0 Å². The van der Waals surface area contributed by atoms with E-state index in [-0.39, 0.29) is 11.5 Å². The van der Waals surface area contributed by atoms with E-state index in [1.807, 2.05) is 0 Å². The van der Waals surface area contributed by atoms with Gasteiger partial charge in [-0.2, -0.15) is 0 Å². The number of allylic oxidation sites excluding steroid dienone is 2. The van der Waals surface area contributed by atoms with Crippen LogP contribution in [-0.2, 0) is 0 Å². The molecule has 0 aromatic heterocycles. The standard InChI is InChI=1S/C11H20O/c1-8-5-6-10(12)11(3,4)7-9(8)2/h10,12H,5-7H2,1-4H3/t10-/m0/s1. The normalized spacial score (nSPS) is 30.2. The van der Waals surface area contributed by atoms with Crippen LogP contribution in [-0.4, -0.2) is 11.2 Å². The van der Waals surface area contributed by atoms with Gasteiger partial charge in [-0.15, -0.1) is 0 Å². The summed E-state index contributed by atoms with van der Waals surface area (Å²) in [6.07, 6.45) is 2.90. The van der Waals surface area contributed by atoms with Gasteiger partial charge in [0, 0.05) is 0 Å². The Morgan fingerprint density at radius 3 is 2.42 bits per heavy atom. The van der Waals surface area contributed by atoms with Crippen molar-refractivity contribution < 1.29 is 5.11 Å². The van der Waals surface area contributed by atoms with E-state index in [0.29, 0.717) is 0 Å². The third-order valence-electron chi connectivity index (χ3n) is 3.14. The first-order valence-electron chi connectivity index (χ1n) is 4.77. The van der Waals surface area contributed by atoms with Crippen LogP contribution in [0.25, 0.3) is 0 Å². The second-order valence-corrected chi connectivity index (χ2v) is 4.78. The largest absolute Gasteiger partial charge is 0.393 e. The maximum atomic E-state index is 9.83. The van der Waals surface area contributed by atoms with Gasteiger partial charge in [0.15, 0.2) is 0 Å². The summed E-state index contributed by atoms with van der Waals surface area (Å²) in [5.41, 5.74) is 3.01. The van der Waals surface area contributed by atoms with E-state index in [1.54, 1.807) is 0 Å². The smallest absolute Gasteiger partial charge is 0.0597 e. The highest BCUT2D eigenvalue weighted by molar-refractivity contribution is 5.14. The first kappa shape index (κ1) is 9.79. The van der Waals surface area contributed by atoms with Crippen molar-refractivity contribution in [3.63, 3.8) is 0 Å². The summed E-state index contributed by atoms with van der Waals surface area (Å²) >= 11 is 0. The summed E-state index contributed by atoms with van der Waals surface area (Å²) in [4.78, 5) is 0. The molecule has 1 atom stereocenters. The minimum Gasteiger partial charge on any atom is -0.393 e. The van der Waals surface area contributed by atoms with Crippen LogP contribution in [0.4, 0.5) is 0 Å². The molecule has 1 nitrogen and oxygen atoms in total. The summed E-state index contributed by atoms with van der Waals surface area (Å²) in [6.45, 7) is 8.68. The molecule has 0 aromatic rings. The van der Waals surface area contributed by atoms with Crippen LogP contribution in [0.3, 0.4) is 0 Å². The molecule has 0 amide bonds. The fraction of sp³-hybridized carbons (Fsp3) is 0.818. The number of aliphatic hydroxyl groups is 1. The van der Waals surface area contributed by atoms with Gasteiger partial charge in [0.2, 0.25) is 0 Å². The lowest BCUT2D eigenvalue weighted by Crippen LogP contribution is -2.28. The molecule has 0 saturated heterocycles. The third-order valence-corrected chi connectivity index (χ3v) is 3.14. The van der Waals surface area contributed by atoms with Gasteiger partial charge in [-0.05, 0) is 38.5 Å². The predicted octanol–water partition coefficient (Wildman–Crippen LogP) is 2.89. The molecule has 0 heterocycles. The molecular weight excluding hydrogens is 148 g/mol. The first-order valence-corrected chi connectivity index (χ1v) is 4.77. The summed E-state index contributed by atoms with van der Waals surface area (Å²) in [5.74, 6) is 0. The average Bonchev–Trinajstić information content (AvgIpc) is 2.03. The Kier molecular flexibility index (Phi) is 2.62. The molecule has 12 heavy (non-hydrogen) atoms. The SMILES string of the molecule is CC1=C(C)CC(C)(C)[C@@H](O)CC1. The molecule has 0 saturated carbocycles. The number of rotatable bonds is 0. The quantitative estimate of drug-likeness (QED) is 0.551. The molecule has 0 unspecified atom stereocenters. The average molecular weight is 168 g/mol. The van der Waals surface area contributed by atoms with Crippen LogP contribution in [0.15, 0.2) is 11.1 Å². The lowest BCUT2D eigenvalue weighted by molar-refractivity contribution is 0.0471. The zero-order chi connectivity index (χ0) is 9.35. The van der Waals surface area contributed by atoms with Crippen molar-refractivity contribution in [1.82, 2.24) is 0 Å². The van der Waals surface area contributed by atoms with Gasteiger partial charge < -0.3 is 5.11 Å². The zero-order valence-electron chi connectivity index (χ0n) is 8.65. The van der Waals surface area contributed by atoms with Gasteiger partial charge in [-0.3, -0.25) is 0 Å². The van der Waals surface area contributed by atoms with Crippen LogP contribution in [0, 0.1) is 5.41 Å². The van der Waals surface area contributed by atoms with Gasteiger partial charge in [-0.1, -0.05) is 25.0 Å². The van der Waals surface area contributed by atoms with Crippen molar-refractivity contribution >= 4 is 0 Å². The summed E-state index contributed by atoms with van der Waals surface area (Å²) in [6, 6.07) is 0. The molecule has 1 N–H and O–H groups in total. The molecule has 1 aliphatic rings. The molecular formula is C11H20O. The first-order chi connectivity index (χ1) is 5.43. The van der Waals surface area contributed by atoms with Crippen molar-refractivity contribution in [2.75, 3.05) is 0 Å². The predicted molar refractivity (Wildman–Crippen MR) is 52.0 cm³/mol. The Bertz CT molecular complexity index is 201. The molecule has 0 bridgehead atoms. The lowest BCUT2D eigenvalue weighted by atomic mass is 9.81. The Hall–Kier alpha value is -0.300. The Morgan fingerprint density at radius 1 is 1.25 bits per heavy atom. The van der Waals surface area contributed by atoms with Gasteiger partial charge in [0.05, 0.1) is 6.10 Å². The lowest BCUT2D eigenvalue weighted by Gasteiger charge is -2.28. The van der Waals surface area contributed by atoms with E-state index in [9.17, 15) is 5.11 Å². The van der Waals surface area contributed by atoms with E-state index in [0.717, 1.165) is 19.3 Å². The van der Waals surface area contributed by atoms with E-state index < -0.39 is 0 Å². The molecule has 0 aromatic carbocycles. The van der Waals surface area contributed by atoms with Crippen LogP contribution in [0.1, 0.15) is 47.0 Å². The molecule has 1 aliphatic carbocycles. The maximum Gasteiger partial charge on any atom is 0.0597 e. The van der Waals surface area contributed by atoms with Gasteiger partial charge in [0.1, 0.15) is 0 Å². The van der Waals surface area contributed by atoms with Crippen molar-refractivity contribution in [3.8, 4) is 0 Å². The fourth-order valence-corrected chi connectivity index (χ4v) is 1.91. The molecule has 0 fully saturated rings. The minimum absolute atomic E-state index is 0.0713. The fourth-order valence-electron chi connectivity index (χ4n) is 1.91. The van der Waals surface area contributed by atoms with Gasteiger partial charge in [-0.25, -0.2) is 0 Å². The van der Waals surface area contributed by atoms with Crippen molar-refractivity contribution in [3.05, 3.63) is 11.1 Å². The summed E-state index contributed by atoms with van der Waals surface area (Å²) in [5, 5.41) is 9.83. The van der Waals surface area contributed by atoms with Gasteiger partial charge >= 0.3 is 0 Å². The molecule has 0 aliphatic heterocycles. The van der Waals surface area contributed by atoms with Crippen LogP contribution >= 0.6 is 0 Å². The topological polar surface area (TPSA) is 20.2 Å². The van der Waals surface area contributed by atoms with E-state index in [1.165, 1.54) is 11.1 Å². The number of aliphatic hydroxyl groups excluding tert-OH is 1. The maximum absolute atomic E-state index is 9.83. The Morgan fingerprint density at radius 2 is 1.83 bits per heavy atom. The minimum atomic E-state index is -0.134. The van der Waals surface area contributed by atoms with E-state index >= 15 is 0 Å². The van der Waals surface area contributed by atoms with Crippen LogP contribution in [0.5, 0.6) is 0 Å². The summed E-state index contributed by atoms with van der Waals surface area (Å²) in [7, 11) is 0. The van der Waals surface area contributed by atoms with Crippen LogP contribution in [0.2, 0.25) is 0 Å². The zero-order valence-corrected chi connectivity index (χ0v) is 8.65. The Balaban J connectivity index is 2.83. The highest BCUT2D eigenvalue weighted by Gasteiger charge is 2.30. The van der Waals surface area contributed by atoms with Gasteiger partial charge in [0.25, 0.3) is 0 Å². The number of hydrogen-bond donors (Lipinski definition) is 1. The van der Waals surface area contributed by atoms with Crippen molar-refractivity contribution in [2.24, 2.45) is 5.41 Å². The second-order valence-electron chi connectivity index (χ2n) is 4.78. The second kappa shape index (κ2) is 3.21. The molecule has 0 spiro atoms.